The van der Waals surface area contributed by atoms with E-state index in [1.54, 1.807) is 0 Å². The maximum atomic E-state index is 12.5. The van der Waals surface area contributed by atoms with Gasteiger partial charge in [0.25, 0.3) is 0 Å². The normalized spacial score (nSPS) is 23.9. The van der Waals surface area contributed by atoms with Crippen LogP contribution < -0.4 is 0 Å². The summed E-state index contributed by atoms with van der Waals surface area (Å²) in [6.07, 6.45) is 7.84. The number of aromatic nitrogens is 2. The largest absolute Gasteiger partial charge is 0.339 e. The van der Waals surface area contributed by atoms with Crippen molar-refractivity contribution in [3.8, 4) is 0 Å². The van der Waals surface area contributed by atoms with Gasteiger partial charge in [-0.05, 0) is 30.7 Å². The Kier molecular flexibility index (Phi) is 5.07. The molecule has 0 spiro atoms. The Morgan fingerprint density at radius 2 is 2.00 bits per heavy atom. The number of carbonyl (C=O) groups excluding carboxylic acids is 1. The van der Waals surface area contributed by atoms with Gasteiger partial charge in [-0.15, -0.1) is 0 Å². The smallest absolute Gasteiger partial charge is 0.222 e. The third-order valence-corrected chi connectivity index (χ3v) is 5.88. The fourth-order valence-corrected chi connectivity index (χ4v) is 4.57. The Balaban J connectivity index is 1.37. The summed E-state index contributed by atoms with van der Waals surface area (Å²) in [4.78, 5) is 17.3. The van der Waals surface area contributed by atoms with Crippen molar-refractivity contribution in [2.24, 2.45) is 13.0 Å². The van der Waals surface area contributed by atoms with Crippen molar-refractivity contribution in [1.82, 2.24) is 19.6 Å². The maximum absolute atomic E-state index is 12.5. The van der Waals surface area contributed by atoms with Crippen molar-refractivity contribution in [2.75, 3.05) is 19.6 Å². The number of carbonyl (C=O) groups is 1. The minimum absolute atomic E-state index is 0.350. The highest BCUT2D eigenvalue weighted by molar-refractivity contribution is 5.77. The Morgan fingerprint density at radius 3 is 2.77 bits per heavy atom. The Bertz CT molecular complexity index is 741. The summed E-state index contributed by atoms with van der Waals surface area (Å²) in [5, 5.41) is 4.28. The van der Waals surface area contributed by atoms with Gasteiger partial charge in [0.1, 0.15) is 0 Å². The van der Waals surface area contributed by atoms with E-state index in [-0.39, 0.29) is 0 Å². The first-order chi connectivity index (χ1) is 12.7. The second-order valence-electron chi connectivity index (χ2n) is 7.73. The lowest BCUT2D eigenvalue weighted by Crippen LogP contribution is -2.56. The van der Waals surface area contributed by atoms with Crippen LogP contribution in [-0.4, -0.2) is 51.2 Å². The first-order valence-electron chi connectivity index (χ1n) is 9.72. The molecule has 0 radical (unpaired) electrons. The highest BCUT2D eigenvalue weighted by Gasteiger charge is 2.38. The van der Waals surface area contributed by atoms with Crippen molar-refractivity contribution in [1.29, 1.82) is 0 Å². The number of benzene rings is 1. The highest BCUT2D eigenvalue weighted by Crippen LogP contribution is 2.32. The quantitative estimate of drug-likeness (QED) is 0.830. The van der Waals surface area contributed by atoms with E-state index in [1.165, 1.54) is 11.1 Å². The molecule has 2 aromatic rings. The second kappa shape index (κ2) is 7.62. The molecular formula is C21H28N4O. The van der Waals surface area contributed by atoms with Gasteiger partial charge in [-0.1, -0.05) is 30.3 Å². The van der Waals surface area contributed by atoms with E-state index in [9.17, 15) is 4.79 Å². The first kappa shape index (κ1) is 17.3. The number of nitrogens with zero attached hydrogens (tertiary/aromatic N) is 4. The number of rotatable bonds is 5. The predicted octanol–water partition coefficient (Wildman–Crippen LogP) is 2.48. The molecule has 5 heteroatoms. The molecular weight excluding hydrogens is 324 g/mol. The van der Waals surface area contributed by atoms with Crippen LogP contribution in [-0.2, 0) is 24.8 Å². The van der Waals surface area contributed by atoms with Crippen LogP contribution >= 0.6 is 0 Å². The van der Waals surface area contributed by atoms with Crippen LogP contribution in [0.4, 0.5) is 0 Å². The number of hydrogen-bond donors (Lipinski definition) is 0. The van der Waals surface area contributed by atoms with Gasteiger partial charge in [-0.25, -0.2) is 0 Å². The molecule has 4 rings (SSSR count). The molecule has 138 valence electrons. The van der Waals surface area contributed by atoms with Crippen LogP contribution in [0.25, 0.3) is 0 Å². The molecule has 2 unspecified atom stereocenters. The van der Waals surface area contributed by atoms with Crippen LogP contribution in [0, 0.1) is 5.92 Å². The second-order valence-corrected chi connectivity index (χ2v) is 7.73. The zero-order valence-electron chi connectivity index (χ0n) is 15.6. The maximum Gasteiger partial charge on any atom is 0.222 e. The third-order valence-electron chi connectivity index (χ3n) is 5.88. The predicted molar refractivity (Wildman–Crippen MR) is 101 cm³/mol. The van der Waals surface area contributed by atoms with E-state index in [1.807, 2.05) is 24.0 Å². The molecule has 2 saturated heterocycles. The summed E-state index contributed by atoms with van der Waals surface area (Å²) < 4.78 is 1.87. The molecule has 2 atom stereocenters. The molecule has 2 aliphatic rings. The van der Waals surface area contributed by atoms with Crippen LogP contribution in [0.15, 0.2) is 42.7 Å². The molecule has 1 aromatic heterocycles. The zero-order valence-corrected chi connectivity index (χ0v) is 15.6. The van der Waals surface area contributed by atoms with Gasteiger partial charge < -0.3 is 4.90 Å². The lowest BCUT2D eigenvalue weighted by molar-refractivity contribution is -0.141. The number of piperidine rings is 2. The van der Waals surface area contributed by atoms with E-state index < -0.39 is 0 Å². The van der Waals surface area contributed by atoms with E-state index in [2.05, 4.69) is 45.4 Å². The van der Waals surface area contributed by atoms with Gasteiger partial charge in [-0.3, -0.25) is 14.4 Å². The third kappa shape index (κ3) is 3.83. The molecule has 0 aliphatic carbocycles. The van der Waals surface area contributed by atoms with Gasteiger partial charge in [0.15, 0.2) is 0 Å². The highest BCUT2D eigenvalue weighted by atomic mass is 16.2. The van der Waals surface area contributed by atoms with E-state index >= 15 is 0 Å². The summed E-state index contributed by atoms with van der Waals surface area (Å²) >= 11 is 0. The molecule has 0 N–H and O–H groups in total. The van der Waals surface area contributed by atoms with E-state index in [0.717, 1.165) is 45.4 Å². The van der Waals surface area contributed by atoms with Crippen molar-refractivity contribution in [3.63, 3.8) is 0 Å². The van der Waals surface area contributed by atoms with Gasteiger partial charge in [0.05, 0.1) is 6.20 Å². The monoisotopic (exact) mass is 352 g/mol. The standard InChI is InChI=1S/C21H28N4O/c1-23-14-18(13-22-23)15-24-11-10-20-19(16-24)7-8-21(26)25(20)12-9-17-5-3-2-4-6-17/h2-6,13-14,19-20H,7-12,15-16H2,1H3. The zero-order chi connectivity index (χ0) is 17.9. The van der Waals surface area contributed by atoms with E-state index in [0.29, 0.717) is 24.3 Å². The molecule has 0 bridgehead atoms. The average molecular weight is 352 g/mol. The first-order valence-corrected chi connectivity index (χ1v) is 9.72. The number of amides is 1. The van der Waals surface area contributed by atoms with Crippen molar-refractivity contribution >= 4 is 5.91 Å². The number of likely N-dealkylation sites (tertiary alicyclic amines) is 2. The molecule has 1 amide bonds. The van der Waals surface area contributed by atoms with Gasteiger partial charge in [-0.2, -0.15) is 5.10 Å². The summed E-state index contributed by atoms with van der Waals surface area (Å²) in [6, 6.07) is 10.9. The van der Waals surface area contributed by atoms with Crippen LogP contribution in [0.2, 0.25) is 0 Å². The van der Waals surface area contributed by atoms with Crippen LogP contribution in [0.5, 0.6) is 0 Å². The van der Waals surface area contributed by atoms with Gasteiger partial charge in [0.2, 0.25) is 5.91 Å². The topological polar surface area (TPSA) is 41.4 Å². The number of fused-ring (bicyclic) bond motifs is 1. The molecule has 3 heterocycles. The molecule has 2 fully saturated rings. The molecule has 5 nitrogen and oxygen atoms in total. The van der Waals surface area contributed by atoms with Crippen molar-refractivity contribution in [2.45, 2.75) is 38.3 Å². The molecule has 2 aliphatic heterocycles. The van der Waals surface area contributed by atoms with Crippen LogP contribution in [0.3, 0.4) is 0 Å². The molecule has 1 aromatic carbocycles. The fraction of sp³-hybridized carbons (Fsp3) is 0.524. The van der Waals surface area contributed by atoms with Gasteiger partial charge in [0, 0.05) is 57.4 Å². The van der Waals surface area contributed by atoms with Gasteiger partial charge >= 0.3 is 0 Å². The Morgan fingerprint density at radius 1 is 1.15 bits per heavy atom. The summed E-state index contributed by atoms with van der Waals surface area (Å²) in [5.74, 6) is 0.955. The minimum Gasteiger partial charge on any atom is -0.339 e. The number of hydrogen-bond acceptors (Lipinski definition) is 3. The SMILES string of the molecule is Cn1cc(CN2CCC3C(CCC(=O)N3CCc3ccccc3)C2)cn1. The van der Waals surface area contributed by atoms with Crippen molar-refractivity contribution in [3.05, 3.63) is 53.9 Å². The lowest BCUT2D eigenvalue weighted by Gasteiger charge is -2.47. The number of aryl methyl sites for hydroxylation is 1. The molecule has 26 heavy (non-hydrogen) atoms. The van der Waals surface area contributed by atoms with E-state index in [4.69, 9.17) is 0 Å². The molecule has 0 saturated carbocycles. The lowest BCUT2D eigenvalue weighted by atomic mass is 9.83. The summed E-state index contributed by atoms with van der Waals surface area (Å²) in [6.45, 7) is 3.97. The Labute approximate surface area is 155 Å². The summed E-state index contributed by atoms with van der Waals surface area (Å²) in [5.41, 5.74) is 2.59. The minimum atomic E-state index is 0.350. The van der Waals surface area contributed by atoms with Crippen LogP contribution in [0.1, 0.15) is 30.4 Å². The summed E-state index contributed by atoms with van der Waals surface area (Å²) in [7, 11) is 1.97. The average Bonchev–Trinajstić information content (AvgIpc) is 3.06. The van der Waals surface area contributed by atoms with Crippen molar-refractivity contribution < 1.29 is 4.79 Å². The Hall–Kier alpha value is -2.14. The fourth-order valence-electron chi connectivity index (χ4n) is 4.57.